The maximum Gasteiger partial charge on any atom is 0.253 e. The zero-order valence-corrected chi connectivity index (χ0v) is 18.4. The molecule has 5 nitrogen and oxygen atoms in total. The van der Waals surface area contributed by atoms with Crippen LogP contribution in [0.3, 0.4) is 0 Å². The Labute approximate surface area is 188 Å². The number of carbonyl (C=O) groups excluding carboxylic acids is 1. The van der Waals surface area contributed by atoms with Gasteiger partial charge >= 0.3 is 0 Å². The van der Waals surface area contributed by atoms with Gasteiger partial charge in [-0.3, -0.25) is 9.78 Å². The van der Waals surface area contributed by atoms with Crippen molar-refractivity contribution in [3.63, 3.8) is 0 Å². The van der Waals surface area contributed by atoms with Gasteiger partial charge in [-0.15, -0.1) is 0 Å². The van der Waals surface area contributed by atoms with E-state index in [1.54, 1.807) is 6.20 Å². The minimum absolute atomic E-state index is 0.0942. The standard InChI is InChI=1S/C27H27N3O2/c1-3-32-26-15-8-7-14-24(26)30-20(2)23(19-25(30)21-11-5-4-6-12-21)27(31)29-18-16-22-13-9-10-17-28-22/h4-15,17,19H,3,16,18H2,1-2H3,(H,29,31). The van der Waals surface area contributed by atoms with E-state index in [4.69, 9.17) is 4.74 Å². The smallest absolute Gasteiger partial charge is 0.253 e. The summed E-state index contributed by atoms with van der Waals surface area (Å²) in [7, 11) is 0. The molecule has 0 spiro atoms. The third kappa shape index (κ3) is 4.57. The number of hydrogen-bond acceptors (Lipinski definition) is 3. The molecule has 0 fully saturated rings. The maximum absolute atomic E-state index is 13.1. The zero-order valence-electron chi connectivity index (χ0n) is 18.4. The van der Waals surface area contributed by atoms with Crippen molar-refractivity contribution in [2.45, 2.75) is 20.3 Å². The van der Waals surface area contributed by atoms with Crippen molar-refractivity contribution in [1.29, 1.82) is 0 Å². The Hall–Kier alpha value is -3.86. The van der Waals surface area contributed by atoms with E-state index < -0.39 is 0 Å². The van der Waals surface area contributed by atoms with Crippen LogP contribution < -0.4 is 10.1 Å². The molecule has 0 saturated carbocycles. The lowest BCUT2D eigenvalue weighted by Crippen LogP contribution is -2.26. The van der Waals surface area contributed by atoms with E-state index in [1.807, 2.05) is 80.6 Å². The number of pyridine rings is 1. The largest absolute Gasteiger partial charge is 0.492 e. The number of nitrogens with zero attached hydrogens (tertiary/aromatic N) is 2. The molecule has 4 aromatic rings. The van der Waals surface area contributed by atoms with Gasteiger partial charge in [-0.1, -0.05) is 48.5 Å². The Balaban J connectivity index is 1.69. The minimum atomic E-state index is -0.0942. The molecule has 4 rings (SSSR count). The average molecular weight is 426 g/mol. The van der Waals surface area contributed by atoms with Gasteiger partial charge in [0, 0.05) is 30.6 Å². The molecule has 0 radical (unpaired) electrons. The summed E-state index contributed by atoms with van der Waals surface area (Å²) in [4.78, 5) is 17.4. The van der Waals surface area contributed by atoms with Gasteiger partial charge in [0.25, 0.3) is 5.91 Å². The van der Waals surface area contributed by atoms with Crippen molar-refractivity contribution in [3.8, 4) is 22.7 Å². The molecule has 0 atom stereocenters. The molecule has 32 heavy (non-hydrogen) atoms. The van der Waals surface area contributed by atoms with E-state index >= 15 is 0 Å². The molecule has 2 aromatic carbocycles. The quantitative estimate of drug-likeness (QED) is 0.421. The van der Waals surface area contributed by atoms with Gasteiger partial charge in [0.1, 0.15) is 5.75 Å². The number of benzene rings is 2. The normalized spacial score (nSPS) is 10.7. The number of para-hydroxylation sites is 2. The highest BCUT2D eigenvalue weighted by atomic mass is 16.5. The lowest BCUT2D eigenvalue weighted by Gasteiger charge is -2.16. The molecule has 0 bridgehead atoms. The minimum Gasteiger partial charge on any atom is -0.492 e. The van der Waals surface area contributed by atoms with Gasteiger partial charge in [0.05, 0.1) is 23.6 Å². The first-order valence-corrected chi connectivity index (χ1v) is 10.9. The topological polar surface area (TPSA) is 56.1 Å². The third-order valence-corrected chi connectivity index (χ3v) is 5.36. The van der Waals surface area contributed by atoms with Crippen LogP contribution in [0.15, 0.2) is 85.1 Å². The van der Waals surface area contributed by atoms with Crippen molar-refractivity contribution < 1.29 is 9.53 Å². The van der Waals surface area contributed by atoms with E-state index in [1.165, 1.54) is 0 Å². The Morgan fingerprint density at radius 3 is 2.50 bits per heavy atom. The molecule has 0 aliphatic carbocycles. The molecule has 2 heterocycles. The summed E-state index contributed by atoms with van der Waals surface area (Å²) < 4.78 is 8.00. The van der Waals surface area contributed by atoms with E-state index in [2.05, 4.69) is 27.0 Å². The molecule has 162 valence electrons. The number of amides is 1. The lowest BCUT2D eigenvalue weighted by molar-refractivity contribution is 0.0953. The first-order chi connectivity index (χ1) is 15.7. The second-order valence-electron chi connectivity index (χ2n) is 7.46. The summed E-state index contributed by atoms with van der Waals surface area (Å²) in [6, 6.07) is 25.8. The third-order valence-electron chi connectivity index (χ3n) is 5.36. The number of carbonyl (C=O) groups is 1. The van der Waals surface area contributed by atoms with E-state index in [0.29, 0.717) is 25.1 Å². The number of aromatic nitrogens is 2. The summed E-state index contributed by atoms with van der Waals surface area (Å²) in [6.07, 6.45) is 2.45. The summed E-state index contributed by atoms with van der Waals surface area (Å²) in [5, 5.41) is 3.05. The number of hydrogen-bond donors (Lipinski definition) is 1. The molecule has 1 amide bonds. The average Bonchev–Trinajstić information content (AvgIpc) is 3.18. The second-order valence-corrected chi connectivity index (χ2v) is 7.46. The van der Waals surface area contributed by atoms with Gasteiger partial charge in [-0.05, 0) is 49.7 Å². The molecule has 5 heteroatoms. The van der Waals surface area contributed by atoms with Crippen LogP contribution in [0, 0.1) is 6.92 Å². The fraction of sp³-hybridized carbons (Fsp3) is 0.185. The van der Waals surface area contributed by atoms with Crippen LogP contribution in [-0.2, 0) is 6.42 Å². The van der Waals surface area contributed by atoms with Crippen LogP contribution in [0.1, 0.15) is 28.7 Å². The molecule has 1 N–H and O–H groups in total. The van der Waals surface area contributed by atoms with Crippen LogP contribution in [0.4, 0.5) is 0 Å². The summed E-state index contributed by atoms with van der Waals surface area (Å²) in [6.45, 7) is 5.04. The number of ether oxygens (including phenoxy) is 1. The first kappa shape index (κ1) is 21.4. The Bertz CT molecular complexity index is 1180. The number of rotatable bonds is 8. The van der Waals surface area contributed by atoms with Crippen molar-refractivity contribution in [1.82, 2.24) is 14.9 Å². The van der Waals surface area contributed by atoms with Crippen molar-refractivity contribution in [2.24, 2.45) is 0 Å². The van der Waals surface area contributed by atoms with Gasteiger partial charge in [0.15, 0.2) is 0 Å². The summed E-state index contributed by atoms with van der Waals surface area (Å²) in [5.41, 5.74) is 5.37. The molecule has 2 aromatic heterocycles. The monoisotopic (exact) mass is 425 g/mol. The summed E-state index contributed by atoms with van der Waals surface area (Å²) in [5.74, 6) is 0.691. The fourth-order valence-electron chi connectivity index (χ4n) is 3.83. The molecule has 0 aliphatic rings. The van der Waals surface area contributed by atoms with Crippen molar-refractivity contribution in [2.75, 3.05) is 13.2 Å². The van der Waals surface area contributed by atoms with Crippen molar-refractivity contribution >= 4 is 5.91 Å². The zero-order chi connectivity index (χ0) is 22.3. The van der Waals surface area contributed by atoms with E-state index in [-0.39, 0.29) is 5.91 Å². The first-order valence-electron chi connectivity index (χ1n) is 10.9. The highest BCUT2D eigenvalue weighted by Crippen LogP contribution is 2.33. The van der Waals surface area contributed by atoms with Gasteiger partial charge in [0.2, 0.25) is 0 Å². The van der Waals surface area contributed by atoms with Crippen molar-refractivity contribution in [3.05, 3.63) is 102 Å². The van der Waals surface area contributed by atoms with Crippen LogP contribution in [0.5, 0.6) is 5.75 Å². The molecule has 0 aliphatic heterocycles. The Kier molecular flexibility index (Phi) is 6.66. The van der Waals surface area contributed by atoms with Crippen LogP contribution in [-0.4, -0.2) is 28.6 Å². The molecule has 0 unspecified atom stereocenters. The summed E-state index contributed by atoms with van der Waals surface area (Å²) >= 11 is 0. The van der Waals surface area contributed by atoms with Crippen LogP contribution in [0.2, 0.25) is 0 Å². The SMILES string of the molecule is CCOc1ccccc1-n1c(-c2ccccc2)cc(C(=O)NCCc2ccccn2)c1C. The van der Waals surface area contributed by atoms with E-state index in [9.17, 15) is 4.79 Å². The molecular weight excluding hydrogens is 398 g/mol. The van der Waals surface area contributed by atoms with Gasteiger partial charge in [-0.25, -0.2) is 0 Å². The van der Waals surface area contributed by atoms with Crippen LogP contribution in [0.25, 0.3) is 16.9 Å². The van der Waals surface area contributed by atoms with E-state index in [0.717, 1.165) is 34.1 Å². The highest BCUT2D eigenvalue weighted by Gasteiger charge is 2.21. The predicted molar refractivity (Wildman–Crippen MR) is 127 cm³/mol. The fourth-order valence-corrected chi connectivity index (χ4v) is 3.83. The molecular formula is C27H27N3O2. The number of nitrogens with one attached hydrogen (secondary N) is 1. The molecule has 0 saturated heterocycles. The Morgan fingerprint density at radius 2 is 1.75 bits per heavy atom. The lowest BCUT2D eigenvalue weighted by atomic mass is 10.1. The predicted octanol–water partition coefficient (Wildman–Crippen LogP) is 5.22. The van der Waals surface area contributed by atoms with Crippen LogP contribution >= 0.6 is 0 Å². The van der Waals surface area contributed by atoms with Gasteiger partial charge in [-0.2, -0.15) is 0 Å². The Morgan fingerprint density at radius 1 is 1.00 bits per heavy atom. The second kappa shape index (κ2) is 9.96. The maximum atomic E-state index is 13.1. The highest BCUT2D eigenvalue weighted by molar-refractivity contribution is 5.97. The van der Waals surface area contributed by atoms with Gasteiger partial charge < -0.3 is 14.6 Å².